The minimum Gasteiger partial charge on any atom is -0.462 e. The molecule has 0 aliphatic rings. The van der Waals surface area contributed by atoms with Crippen molar-refractivity contribution in [3.8, 4) is 0 Å². The molecule has 0 amide bonds. The average molecular weight is 841 g/mol. The molecule has 0 aromatic heterocycles. The number of rotatable bonds is 39. The van der Waals surface area contributed by atoms with Gasteiger partial charge < -0.3 is 29.1 Å². The summed E-state index contributed by atoms with van der Waals surface area (Å²) in [4.78, 5) is 35.3. The zero-order valence-corrected chi connectivity index (χ0v) is 37.9. The van der Waals surface area contributed by atoms with E-state index in [1.54, 1.807) is 0 Å². The number of allylic oxidation sites excluding steroid dienone is 9. The van der Waals surface area contributed by atoms with Gasteiger partial charge >= 0.3 is 19.8 Å². The van der Waals surface area contributed by atoms with E-state index >= 15 is 0 Å². The highest BCUT2D eigenvalue weighted by Crippen LogP contribution is 2.43. The van der Waals surface area contributed by atoms with Crippen molar-refractivity contribution in [2.24, 2.45) is 0 Å². The van der Waals surface area contributed by atoms with Crippen LogP contribution in [0.1, 0.15) is 155 Å². The van der Waals surface area contributed by atoms with Crippen LogP contribution < -0.4 is 0 Å². The van der Waals surface area contributed by atoms with Gasteiger partial charge in [0.15, 0.2) is 6.10 Å². The summed E-state index contributed by atoms with van der Waals surface area (Å²) in [5, 5.41) is 19.3. The van der Waals surface area contributed by atoms with Gasteiger partial charge in [-0.05, 0) is 51.4 Å². The zero-order valence-electron chi connectivity index (χ0n) is 37.0. The summed E-state index contributed by atoms with van der Waals surface area (Å²) in [5.74, 6) is -0.928. The molecule has 0 aliphatic heterocycles. The second-order valence-corrected chi connectivity index (χ2v) is 17.5. The van der Waals surface area contributed by atoms with Crippen molar-refractivity contribution in [2.75, 3.05) is 47.5 Å². The normalized spacial score (nSPS) is 15.2. The van der Waals surface area contributed by atoms with Gasteiger partial charge in [-0.2, -0.15) is 0 Å². The number of hydrogen-bond donors (Lipinski definition) is 3. The summed E-state index contributed by atoms with van der Waals surface area (Å²) in [5.41, 5.74) is 0. The molecule has 12 heteroatoms. The van der Waals surface area contributed by atoms with Gasteiger partial charge in [0.1, 0.15) is 19.8 Å². The Morgan fingerprint density at radius 2 is 1.09 bits per heavy atom. The second kappa shape index (κ2) is 37.6. The van der Waals surface area contributed by atoms with E-state index in [2.05, 4.69) is 43.4 Å². The van der Waals surface area contributed by atoms with E-state index in [4.69, 9.17) is 18.5 Å². The number of carbonyl (C=O) groups is 2. The van der Waals surface area contributed by atoms with Crippen molar-refractivity contribution in [1.29, 1.82) is 0 Å². The Balaban J connectivity index is 4.52. The summed E-state index contributed by atoms with van der Waals surface area (Å²) in [6.45, 7) is 3.86. The molecule has 0 bridgehead atoms. The molecule has 0 aromatic rings. The van der Waals surface area contributed by atoms with Crippen molar-refractivity contribution in [3.05, 3.63) is 60.8 Å². The monoisotopic (exact) mass is 841 g/mol. The van der Waals surface area contributed by atoms with E-state index in [0.717, 1.165) is 44.9 Å². The molecule has 336 valence electrons. The highest BCUT2D eigenvalue weighted by Gasteiger charge is 2.27. The Labute approximate surface area is 352 Å². The predicted molar refractivity (Wildman–Crippen MR) is 236 cm³/mol. The number of hydrogen-bond acceptors (Lipinski definition) is 9. The van der Waals surface area contributed by atoms with Crippen LogP contribution in [0.5, 0.6) is 0 Å². The average Bonchev–Trinajstić information content (AvgIpc) is 3.17. The van der Waals surface area contributed by atoms with E-state index < -0.39 is 44.7 Å². The maximum Gasteiger partial charge on any atom is 0.472 e. The number of aliphatic hydroxyl groups is 2. The number of likely N-dealkylation sites (N-methyl/N-ethyl adjacent to an activating group) is 1. The van der Waals surface area contributed by atoms with Crippen LogP contribution in [-0.4, -0.2) is 97.3 Å². The summed E-state index contributed by atoms with van der Waals surface area (Å²) < 4.78 is 34.1. The van der Waals surface area contributed by atoms with Gasteiger partial charge in [0.2, 0.25) is 0 Å². The lowest BCUT2D eigenvalue weighted by Crippen LogP contribution is -2.37. The number of phosphoric acid groups is 1. The van der Waals surface area contributed by atoms with Gasteiger partial charge in [0, 0.05) is 12.8 Å². The number of carbonyl (C=O) groups excluding carboxylic acids is 2. The quantitative estimate of drug-likeness (QED) is 0.0180. The fraction of sp³-hybridized carbons (Fsp3) is 0.739. The Morgan fingerprint density at radius 1 is 0.603 bits per heavy atom. The Hall–Kier alpha value is -2.37. The van der Waals surface area contributed by atoms with E-state index in [9.17, 15) is 29.3 Å². The van der Waals surface area contributed by atoms with E-state index in [0.29, 0.717) is 30.3 Å². The van der Waals surface area contributed by atoms with Crippen LogP contribution in [0.3, 0.4) is 0 Å². The standard InChI is InChI=1S/C46H82NO10P/c1-6-8-9-10-11-12-13-17-21-24-27-30-33-36-45(50)54-40-42(41-56-58(52,53)55-39-38-47(3,4)5)57-46(51)37-34-31-28-25-22-19-16-14-15-18-20-23-26-29-32-35-44(49)43(48)7-2/h14-15,19-20,22-23,28-29,31-32,42-44,48-49H,6-13,16-18,21,24-27,30,33-41H2,1-5H3/p+1/b15-14+,22-19+,23-20+,31-28+,32-29+. The first-order valence-electron chi connectivity index (χ1n) is 22.2. The first kappa shape index (κ1) is 55.6. The van der Waals surface area contributed by atoms with Crippen molar-refractivity contribution >= 4 is 19.8 Å². The molecule has 0 saturated heterocycles. The zero-order chi connectivity index (χ0) is 43.2. The van der Waals surface area contributed by atoms with E-state index in [1.165, 1.54) is 64.2 Å². The van der Waals surface area contributed by atoms with Crippen LogP contribution >= 0.6 is 7.82 Å². The van der Waals surface area contributed by atoms with Gasteiger partial charge in [-0.1, -0.05) is 152 Å². The maximum absolute atomic E-state index is 12.7. The van der Waals surface area contributed by atoms with Gasteiger partial charge in [-0.25, -0.2) is 4.57 Å². The van der Waals surface area contributed by atoms with Crippen LogP contribution in [0.15, 0.2) is 60.8 Å². The first-order valence-corrected chi connectivity index (χ1v) is 23.7. The molecule has 0 saturated carbocycles. The number of quaternary nitrogens is 1. The molecular formula is C46H83NO10P+. The van der Waals surface area contributed by atoms with Crippen molar-refractivity contribution in [3.63, 3.8) is 0 Å². The third-order valence-electron chi connectivity index (χ3n) is 9.33. The largest absolute Gasteiger partial charge is 0.472 e. The topological polar surface area (TPSA) is 149 Å². The number of esters is 2. The molecule has 4 unspecified atom stereocenters. The van der Waals surface area contributed by atoms with Crippen LogP contribution in [-0.2, 0) is 32.7 Å². The smallest absolute Gasteiger partial charge is 0.462 e. The van der Waals surface area contributed by atoms with Crippen LogP contribution in [0.2, 0.25) is 0 Å². The van der Waals surface area contributed by atoms with Gasteiger partial charge in [-0.3, -0.25) is 18.6 Å². The highest BCUT2D eigenvalue weighted by atomic mass is 31.2. The Bertz CT molecular complexity index is 1210. The molecule has 58 heavy (non-hydrogen) atoms. The minimum absolute atomic E-state index is 0.00566. The fourth-order valence-electron chi connectivity index (χ4n) is 5.62. The van der Waals surface area contributed by atoms with Crippen LogP contribution in [0, 0.1) is 0 Å². The van der Waals surface area contributed by atoms with Crippen molar-refractivity contribution < 1.29 is 52.3 Å². The molecule has 0 aliphatic carbocycles. The SMILES string of the molecule is CCCCCCCCCCCCCCCC(=O)OCC(COP(=O)(O)OCC[N+](C)(C)C)OC(=O)CC/C=C/C/C=C/C/C=C/C/C=C/C/C=C/CC(O)C(O)CC. The lowest BCUT2D eigenvalue weighted by atomic mass is 10.0. The second-order valence-electron chi connectivity index (χ2n) is 16.0. The summed E-state index contributed by atoms with van der Waals surface area (Å²) >= 11 is 0. The molecule has 4 atom stereocenters. The van der Waals surface area contributed by atoms with Crippen LogP contribution in [0.25, 0.3) is 0 Å². The number of aliphatic hydroxyl groups excluding tert-OH is 2. The van der Waals surface area contributed by atoms with Gasteiger partial charge in [0.25, 0.3) is 0 Å². The molecule has 0 radical (unpaired) electrons. The van der Waals surface area contributed by atoms with Gasteiger partial charge in [0.05, 0.1) is 40.0 Å². The first-order chi connectivity index (χ1) is 27.8. The molecular weight excluding hydrogens is 757 g/mol. The fourth-order valence-corrected chi connectivity index (χ4v) is 6.36. The lowest BCUT2D eigenvalue weighted by Gasteiger charge is -2.24. The number of nitrogens with zero attached hydrogens (tertiary/aromatic N) is 1. The van der Waals surface area contributed by atoms with E-state index in [1.807, 2.05) is 52.4 Å². The molecule has 0 fully saturated rings. The molecule has 3 N–H and O–H groups in total. The predicted octanol–water partition coefficient (Wildman–Crippen LogP) is 10.4. The number of ether oxygens (including phenoxy) is 2. The van der Waals surface area contributed by atoms with Crippen LogP contribution in [0.4, 0.5) is 0 Å². The number of unbranched alkanes of at least 4 members (excludes halogenated alkanes) is 12. The molecule has 11 nitrogen and oxygen atoms in total. The third kappa shape index (κ3) is 39.1. The van der Waals surface area contributed by atoms with Crippen molar-refractivity contribution in [2.45, 2.75) is 173 Å². The molecule has 0 aromatic carbocycles. The molecule has 0 spiro atoms. The maximum atomic E-state index is 12.7. The van der Waals surface area contributed by atoms with Crippen molar-refractivity contribution in [1.82, 2.24) is 0 Å². The third-order valence-corrected chi connectivity index (χ3v) is 10.3. The van der Waals surface area contributed by atoms with E-state index in [-0.39, 0.29) is 26.1 Å². The Kier molecular flexibility index (Phi) is 36.1. The summed E-state index contributed by atoms with van der Waals surface area (Å²) in [6, 6.07) is 0. The summed E-state index contributed by atoms with van der Waals surface area (Å²) in [7, 11) is 1.39. The van der Waals surface area contributed by atoms with Gasteiger partial charge in [-0.15, -0.1) is 0 Å². The highest BCUT2D eigenvalue weighted by molar-refractivity contribution is 7.47. The Morgan fingerprint density at radius 3 is 1.59 bits per heavy atom. The lowest BCUT2D eigenvalue weighted by molar-refractivity contribution is -0.870. The minimum atomic E-state index is -4.41. The summed E-state index contributed by atoms with van der Waals surface area (Å²) in [6.07, 6.45) is 38.5. The molecule has 0 rings (SSSR count). The molecule has 0 heterocycles. The number of phosphoric ester groups is 1.